The Labute approximate surface area is 165 Å². The van der Waals surface area contributed by atoms with Gasteiger partial charge >= 0.3 is 0 Å². The van der Waals surface area contributed by atoms with Gasteiger partial charge in [0.1, 0.15) is 11.7 Å². The van der Waals surface area contributed by atoms with Gasteiger partial charge in [-0.2, -0.15) is 0 Å². The van der Waals surface area contributed by atoms with Gasteiger partial charge in [-0.05, 0) is 12.5 Å². The minimum absolute atomic E-state index is 0.0778. The van der Waals surface area contributed by atoms with E-state index >= 15 is 0 Å². The quantitative estimate of drug-likeness (QED) is 0.844. The van der Waals surface area contributed by atoms with Gasteiger partial charge in [0.2, 0.25) is 5.91 Å². The highest BCUT2D eigenvalue weighted by Crippen LogP contribution is 2.32. The standard InChI is InChI=1S/C21H26N4O3/c1-16-10-22-12-18(24-16)13-25-7-8-28-21(14-25)9-19(27-15-21)20(26)23-11-17-5-3-2-4-6-17/h2-6,10,12,19H,7-9,11,13-15H2,1H3,(H,23,26). The van der Waals surface area contributed by atoms with E-state index in [2.05, 4.69) is 20.2 Å². The van der Waals surface area contributed by atoms with Crippen LogP contribution in [0.1, 0.15) is 23.4 Å². The molecule has 2 unspecified atom stereocenters. The summed E-state index contributed by atoms with van der Waals surface area (Å²) in [5.41, 5.74) is 2.51. The van der Waals surface area contributed by atoms with E-state index in [0.717, 1.165) is 36.6 Å². The molecule has 1 aromatic carbocycles. The molecule has 0 bridgehead atoms. The van der Waals surface area contributed by atoms with E-state index in [1.165, 1.54) is 0 Å². The van der Waals surface area contributed by atoms with Crippen molar-refractivity contribution in [2.75, 3.05) is 26.3 Å². The third-order valence-electron chi connectivity index (χ3n) is 5.22. The van der Waals surface area contributed by atoms with E-state index in [1.807, 2.05) is 37.3 Å². The fourth-order valence-corrected chi connectivity index (χ4v) is 3.87. The highest BCUT2D eigenvalue weighted by Gasteiger charge is 2.46. The summed E-state index contributed by atoms with van der Waals surface area (Å²) < 4.78 is 11.9. The minimum atomic E-state index is -0.470. The smallest absolute Gasteiger partial charge is 0.249 e. The summed E-state index contributed by atoms with van der Waals surface area (Å²) in [6, 6.07) is 9.88. The number of nitrogens with one attached hydrogen (secondary N) is 1. The van der Waals surface area contributed by atoms with Crippen molar-refractivity contribution >= 4 is 5.91 Å². The average Bonchev–Trinajstić information content (AvgIpc) is 3.10. The fourth-order valence-electron chi connectivity index (χ4n) is 3.87. The number of morpholine rings is 1. The second kappa shape index (κ2) is 8.34. The van der Waals surface area contributed by atoms with E-state index in [4.69, 9.17) is 9.47 Å². The summed E-state index contributed by atoms with van der Waals surface area (Å²) in [7, 11) is 0. The Hall–Kier alpha value is -2.35. The Kier molecular flexibility index (Phi) is 5.66. The maximum atomic E-state index is 12.5. The number of carbonyl (C=O) groups is 1. The molecule has 2 aliphatic heterocycles. The summed E-state index contributed by atoms with van der Waals surface area (Å²) in [6.45, 7) is 5.80. The van der Waals surface area contributed by atoms with Crippen LogP contribution in [0.3, 0.4) is 0 Å². The van der Waals surface area contributed by atoms with Gasteiger partial charge in [-0.1, -0.05) is 30.3 Å². The fraction of sp³-hybridized carbons (Fsp3) is 0.476. The lowest BCUT2D eigenvalue weighted by molar-refractivity contribution is -0.130. The molecule has 0 radical (unpaired) electrons. The second-order valence-electron chi connectivity index (χ2n) is 7.60. The molecule has 148 valence electrons. The zero-order valence-corrected chi connectivity index (χ0v) is 16.1. The van der Waals surface area contributed by atoms with Gasteiger partial charge in [0, 0.05) is 45.0 Å². The van der Waals surface area contributed by atoms with Crippen molar-refractivity contribution in [3.05, 3.63) is 59.7 Å². The predicted octanol–water partition coefficient (Wildman–Crippen LogP) is 1.46. The van der Waals surface area contributed by atoms with Crippen LogP contribution in [0, 0.1) is 6.92 Å². The lowest BCUT2D eigenvalue weighted by Crippen LogP contribution is -2.52. The molecular weight excluding hydrogens is 356 g/mol. The van der Waals surface area contributed by atoms with Crippen molar-refractivity contribution in [3.63, 3.8) is 0 Å². The molecule has 2 fully saturated rings. The first-order chi connectivity index (χ1) is 13.6. The molecule has 2 aliphatic rings. The Balaban J connectivity index is 1.32. The molecule has 0 aliphatic carbocycles. The number of rotatable bonds is 5. The topological polar surface area (TPSA) is 76.6 Å². The highest BCUT2D eigenvalue weighted by molar-refractivity contribution is 5.81. The average molecular weight is 382 g/mol. The van der Waals surface area contributed by atoms with Crippen LogP contribution >= 0.6 is 0 Å². The van der Waals surface area contributed by atoms with E-state index in [0.29, 0.717) is 26.2 Å². The minimum Gasteiger partial charge on any atom is -0.370 e. The van der Waals surface area contributed by atoms with E-state index in [1.54, 1.807) is 12.4 Å². The lowest BCUT2D eigenvalue weighted by Gasteiger charge is -2.39. The van der Waals surface area contributed by atoms with Gasteiger partial charge in [-0.3, -0.25) is 19.7 Å². The molecule has 2 aromatic rings. The Morgan fingerprint density at radius 1 is 1.32 bits per heavy atom. The number of benzene rings is 1. The summed E-state index contributed by atoms with van der Waals surface area (Å²) >= 11 is 0. The van der Waals surface area contributed by atoms with Gasteiger partial charge in [-0.25, -0.2) is 0 Å². The van der Waals surface area contributed by atoms with Crippen LogP contribution in [0.4, 0.5) is 0 Å². The van der Waals surface area contributed by atoms with Crippen molar-refractivity contribution in [1.29, 1.82) is 0 Å². The number of nitrogens with zero attached hydrogens (tertiary/aromatic N) is 3. The van der Waals surface area contributed by atoms with Crippen LogP contribution in [0.25, 0.3) is 0 Å². The zero-order chi connectivity index (χ0) is 19.4. The van der Waals surface area contributed by atoms with Crippen molar-refractivity contribution < 1.29 is 14.3 Å². The predicted molar refractivity (Wildman–Crippen MR) is 103 cm³/mol. The molecule has 2 saturated heterocycles. The molecule has 28 heavy (non-hydrogen) atoms. The highest BCUT2D eigenvalue weighted by atomic mass is 16.6. The molecule has 1 spiro atoms. The summed E-state index contributed by atoms with van der Waals surface area (Å²) in [6.07, 6.45) is 3.67. The van der Waals surface area contributed by atoms with Crippen LogP contribution in [0.15, 0.2) is 42.7 Å². The summed E-state index contributed by atoms with van der Waals surface area (Å²) in [4.78, 5) is 23.6. The molecule has 1 aromatic heterocycles. The van der Waals surface area contributed by atoms with Gasteiger partial charge in [0.25, 0.3) is 0 Å². The van der Waals surface area contributed by atoms with Crippen molar-refractivity contribution in [3.8, 4) is 0 Å². The first-order valence-corrected chi connectivity index (χ1v) is 9.69. The lowest BCUT2D eigenvalue weighted by atomic mass is 9.97. The van der Waals surface area contributed by atoms with Crippen molar-refractivity contribution in [2.24, 2.45) is 0 Å². The monoisotopic (exact) mass is 382 g/mol. The number of ether oxygens (including phenoxy) is 2. The Morgan fingerprint density at radius 2 is 2.18 bits per heavy atom. The van der Waals surface area contributed by atoms with Gasteiger partial charge in [0.05, 0.1) is 24.6 Å². The number of amides is 1. The maximum absolute atomic E-state index is 12.5. The van der Waals surface area contributed by atoms with Gasteiger partial charge in [-0.15, -0.1) is 0 Å². The SMILES string of the molecule is Cc1cncc(CN2CCOC3(COC(C(=O)NCc4ccccc4)C3)C2)n1. The number of aryl methyl sites for hydroxylation is 1. The summed E-state index contributed by atoms with van der Waals surface area (Å²) in [5, 5.41) is 2.97. The number of hydrogen-bond donors (Lipinski definition) is 1. The molecule has 7 nitrogen and oxygen atoms in total. The van der Waals surface area contributed by atoms with Crippen LogP contribution in [-0.4, -0.2) is 58.8 Å². The van der Waals surface area contributed by atoms with Gasteiger partial charge < -0.3 is 14.8 Å². The van der Waals surface area contributed by atoms with E-state index in [-0.39, 0.29) is 5.91 Å². The van der Waals surface area contributed by atoms with Crippen LogP contribution in [0.2, 0.25) is 0 Å². The first kappa shape index (κ1) is 19.0. The molecular formula is C21H26N4O3. The zero-order valence-electron chi connectivity index (χ0n) is 16.1. The molecule has 4 rings (SSSR count). The Bertz CT molecular complexity index is 816. The summed E-state index contributed by atoms with van der Waals surface area (Å²) in [5.74, 6) is -0.0778. The molecule has 3 heterocycles. The molecule has 1 amide bonds. The number of carbonyl (C=O) groups excluding carboxylic acids is 1. The normalized spacial score (nSPS) is 25.1. The second-order valence-corrected chi connectivity index (χ2v) is 7.60. The first-order valence-electron chi connectivity index (χ1n) is 9.69. The van der Waals surface area contributed by atoms with Crippen LogP contribution in [0.5, 0.6) is 0 Å². The van der Waals surface area contributed by atoms with Crippen LogP contribution < -0.4 is 5.32 Å². The third kappa shape index (κ3) is 4.55. The molecule has 2 atom stereocenters. The van der Waals surface area contributed by atoms with Gasteiger partial charge in [0.15, 0.2) is 0 Å². The molecule has 1 N–H and O–H groups in total. The van der Waals surface area contributed by atoms with Crippen molar-refractivity contribution in [1.82, 2.24) is 20.2 Å². The number of aromatic nitrogens is 2. The largest absolute Gasteiger partial charge is 0.370 e. The molecule has 0 saturated carbocycles. The van der Waals surface area contributed by atoms with E-state index < -0.39 is 11.7 Å². The van der Waals surface area contributed by atoms with Crippen molar-refractivity contribution in [2.45, 2.75) is 38.1 Å². The molecule has 7 heteroatoms. The van der Waals surface area contributed by atoms with E-state index in [9.17, 15) is 4.79 Å². The number of hydrogen-bond acceptors (Lipinski definition) is 6. The maximum Gasteiger partial charge on any atom is 0.249 e. The Morgan fingerprint density at radius 3 is 3.00 bits per heavy atom. The third-order valence-corrected chi connectivity index (χ3v) is 5.22. The van der Waals surface area contributed by atoms with Crippen LogP contribution in [-0.2, 0) is 27.4 Å².